The highest BCUT2D eigenvalue weighted by atomic mass is 79.9. The maximum absolute atomic E-state index is 13.1. The molecule has 0 unspecified atom stereocenters. The van der Waals surface area contributed by atoms with E-state index < -0.39 is 0 Å². The zero-order valence-electron chi connectivity index (χ0n) is 14.8. The van der Waals surface area contributed by atoms with Gasteiger partial charge < -0.3 is 19.6 Å². The van der Waals surface area contributed by atoms with E-state index in [9.17, 15) is 4.79 Å². The standard InChI is InChI=1S/C21H18BrN3O2/c1-27-19-7-3-6-16-13(19)10-18(23-16)21(26)25-9-8-17-14(11-25)12-4-2-5-15(22)20(12)24-17/h2-7,10,23-24H,8-9,11H2,1H3. The first kappa shape index (κ1) is 16.4. The van der Waals surface area contributed by atoms with Crippen LogP contribution in [0.1, 0.15) is 21.7 Å². The number of amides is 1. The van der Waals surface area contributed by atoms with E-state index in [0.717, 1.165) is 33.1 Å². The molecule has 0 saturated heterocycles. The average Bonchev–Trinajstić information content (AvgIpc) is 3.29. The quantitative estimate of drug-likeness (QED) is 0.494. The Morgan fingerprint density at radius 3 is 2.85 bits per heavy atom. The zero-order chi connectivity index (χ0) is 18.5. The van der Waals surface area contributed by atoms with Gasteiger partial charge in [-0.1, -0.05) is 18.2 Å². The highest BCUT2D eigenvalue weighted by Crippen LogP contribution is 2.33. The third kappa shape index (κ3) is 2.55. The van der Waals surface area contributed by atoms with Crippen LogP contribution in [0.15, 0.2) is 46.9 Å². The molecular formula is C21H18BrN3O2. The number of rotatable bonds is 2. The number of carbonyl (C=O) groups is 1. The van der Waals surface area contributed by atoms with Crippen molar-refractivity contribution in [3.05, 3.63) is 63.9 Å². The second kappa shape index (κ2) is 6.16. The summed E-state index contributed by atoms with van der Waals surface area (Å²) < 4.78 is 6.46. The van der Waals surface area contributed by atoms with E-state index in [4.69, 9.17) is 4.74 Å². The number of benzene rings is 2. The number of hydrogen-bond acceptors (Lipinski definition) is 2. The maximum atomic E-state index is 13.1. The number of nitrogens with one attached hydrogen (secondary N) is 2. The van der Waals surface area contributed by atoms with Gasteiger partial charge in [-0.15, -0.1) is 0 Å². The van der Waals surface area contributed by atoms with E-state index in [1.807, 2.05) is 41.3 Å². The summed E-state index contributed by atoms with van der Waals surface area (Å²) in [4.78, 5) is 21.8. The van der Waals surface area contributed by atoms with Gasteiger partial charge in [0.15, 0.2) is 0 Å². The molecule has 1 aliphatic heterocycles. The lowest BCUT2D eigenvalue weighted by Gasteiger charge is -2.26. The lowest BCUT2D eigenvalue weighted by atomic mass is 10.0. The molecule has 0 saturated carbocycles. The van der Waals surface area contributed by atoms with Crippen LogP contribution in [-0.4, -0.2) is 34.4 Å². The monoisotopic (exact) mass is 423 g/mol. The van der Waals surface area contributed by atoms with Gasteiger partial charge in [-0.05, 0) is 40.2 Å². The molecule has 2 aromatic carbocycles. The van der Waals surface area contributed by atoms with Crippen LogP contribution in [0.5, 0.6) is 5.75 Å². The number of hydrogen-bond donors (Lipinski definition) is 2. The van der Waals surface area contributed by atoms with E-state index in [-0.39, 0.29) is 5.91 Å². The first-order valence-electron chi connectivity index (χ1n) is 8.88. The van der Waals surface area contributed by atoms with Crippen molar-refractivity contribution in [2.24, 2.45) is 0 Å². The summed E-state index contributed by atoms with van der Waals surface area (Å²) >= 11 is 3.61. The van der Waals surface area contributed by atoms with Gasteiger partial charge in [0.05, 0.1) is 12.6 Å². The molecule has 0 fully saturated rings. The van der Waals surface area contributed by atoms with Crippen molar-refractivity contribution in [1.29, 1.82) is 0 Å². The summed E-state index contributed by atoms with van der Waals surface area (Å²) in [5.41, 5.74) is 5.04. The van der Waals surface area contributed by atoms with Crippen LogP contribution < -0.4 is 4.74 Å². The topological polar surface area (TPSA) is 61.1 Å². The Morgan fingerprint density at radius 2 is 2.00 bits per heavy atom. The molecular weight excluding hydrogens is 406 g/mol. The predicted octanol–water partition coefficient (Wildman–Crippen LogP) is 4.62. The van der Waals surface area contributed by atoms with Crippen LogP contribution in [-0.2, 0) is 13.0 Å². The molecule has 136 valence electrons. The van der Waals surface area contributed by atoms with E-state index in [1.54, 1.807) is 7.11 Å². The summed E-state index contributed by atoms with van der Waals surface area (Å²) in [6.07, 6.45) is 0.825. The number of aromatic amines is 2. The molecule has 6 heteroatoms. The number of aromatic nitrogens is 2. The SMILES string of the molecule is COc1cccc2[nH]c(C(=O)N3CCc4[nH]c5c(Br)cccc5c4C3)cc12. The number of halogens is 1. The Balaban J connectivity index is 1.50. The number of fused-ring (bicyclic) bond motifs is 4. The molecule has 1 aliphatic rings. The molecule has 0 atom stereocenters. The Kier molecular flexibility index (Phi) is 3.75. The summed E-state index contributed by atoms with van der Waals surface area (Å²) in [5.74, 6) is 0.786. The predicted molar refractivity (Wildman–Crippen MR) is 109 cm³/mol. The normalized spacial score (nSPS) is 13.9. The summed E-state index contributed by atoms with van der Waals surface area (Å²) in [6, 6.07) is 13.8. The average molecular weight is 424 g/mol. The summed E-state index contributed by atoms with van der Waals surface area (Å²) in [6.45, 7) is 1.31. The van der Waals surface area contributed by atoms with Gasteiger partial charge in [-0.2, -0.15) is 0 Å². The number of para-hydroxylation sites is 1. The third-order valence-electron chi connectivity index (χ3n) is 5.32. The van der Waals surface area contributed by atoms with Crippen LogP contribution in [0.4, 0.5) is 0 Å². The number of ether oxygens (including phenoxy) is 1. The molecule has 1 amide bonds. The van der Waals surface area contributed by atoms with Crippen molar-refractivity contribution >= 4 is 43.6 Å². The van der Waals surface area contributed by atoms with E-state index in [1.165, 1.54) is 16.6 Å². The minimum atomic E-state index is 0.0169. The fourth-order valence-corrected chi connectivity index (χ4v) is 4.43. The van der Waals surface area contributed by atoms with Crippen molar-refractivity contribution in [2.45, 2.75) is 13.0 Å². The maximum Gasteiger partial charge on any atom is 0.270 e. The minimum Gasteiger partial charge on any atom is -0.496 e. The van der Waals surface area contributed by atoms with Crippen LogP contribution >= 0.6 is 15.9 Å². The van der Waals surface area contributed by atoms with E-state index >= 15 is 0 Å². The first-order valence-corrected chi connectivity index (χ1v) is 9.68. The van der Waals surface area contributed by atoms with Gasteiger partial charge in [0.1, 0.15) is 11.4 Å². The largest absolute Gasteiger partial charge is 0.496 e. The summed E-state index contributed by atoms with van der Waals surface area (Å²) in [5, 5.41) is 2.10. The fourth-order valence-electron chi connectivity index (χ4n) is 3.97. The minimum absolute atomic E-state index is 0.0169. The Hall–Kier alpha value is -2.73. The molecule has 2 N–H and O–H groups in total. The Bertz CT molecular complexity index is 1190. The molecule has 0 radical (unpaired) electrons. The van der Waals surface area contributed by atoms with Crippen LogP contribution in [0, 0.1) is 0 Å². The molecule has 5 nitrogen and oxygen atoms in total. The highest BCUT2D eigenvalue weighted by molar-refractivity contribution is 9.10. The van der Waals surface area contributed by atoms with Gasteiger partial charge >= 0.3 is 0 Å². The van der Waals surface area contributed by atoms with E-state index in [0.29, 0.717) is 18.8 Å². The third-order valence-corrected chi connectivity index (χ3v) is 5.98. The van der Waals surface area contributed by atoms with Crippen molar-refractivity contribution in [3.8, 4) is 5.75 Å². The lowest BCUT2D eigenvalue weighted by Crippen LogP contribution is -2.35. The number of H-pyrrole nitrogens is 2. The molecule has 0 bridgehead atoms. The zero-order valence-corrected chi connectivity index (χ0v) is 16.4. The van der Waals surface area contributed by atoms with Crippen LogP contribution in [0.2, 0.25) is 0 Å². The van der Waals surface area contributed by atoms with Crippen LogP contribution in [0.3, 0.4) is 0 Å². The number of methoxy groups -OCH3 is 1. The van der Waals surface area contributed by atoms with Gasteiger partial charge in [-0.25, -0.2) is 0 Å². The molecule has 5 rings (SSSR count). The van der Waals surface area contributed by atoms with Gasteiger partial charge in [0.25, 0.3) is 5.91 Å². The number of nitrogens with zero attached hydrogens (tertiary/aromatic N) is 1. The number of carbonyl (C=O) groups excluding carboxylic acids is 1. The molecule has 2 aromatic heterocycles. The van der Waals surface area contributed by atoms with Gasteiger partial charge in [-0.3, -0.25) is 4.79 Å². The molecule has 0 spiro atoms. The second-order valence-electron chi connectivity index (χ2n) is 6.83. The van der Waals surface area contributed by atoms with Crippen molar-refractivity contribution < 1.29 is 9.53 Å². The van der Waals surface area contributed by atoms with Crippen molar-refractivity contribution in [1.82, 2.24) is 14.9 Å². The smallest absolute Gasteiger partial charge is 0.270 e. The molecule has 27 heavy (non-hydrogen) atoms. The molecule has 3 heterocycles. The fraction of sp³-hybridized carbons (Fsp3) is 0.190. The van der Waals surface area contributed by atoms with Crippen LogP contribution in [0.25, 0.3) is 21.8 Å². The summed E-state index contributed by atoms with van der Waals surface area (Å²) in [7, 11) is 1.64. The van der Waals surface area contributed by atoms with Gasteiger partial charge in [0.2, 0.25) is 0 Å². The first-order chi connectivity index (χ1) is 13.2. The molecule has 4 aromatic rings. The van der Waals surface area contributed by atoms with E-state index in [2.05, 4.69) is 32.0 Å². The van der Waals surface area contributed by atoms with Gasteiger partial charge in [0, 0.05) is 51.5 Å². The van der Waals surface area contributed by atoms with Crippen molar-refractivity contribution in [3.63, 3.8) is 0 Å². The second-order valence-corrected chi connectivity index (χ2v) is 7.68. The highest BCUT2D eigenvalue weighted by Gasteiger charge is 2.26. The lowest BCUT2D eigenvalue weighted by molar-refractivity contribution is 0.0730. The Labute approximate surface area is 164 Å². The molecule has 0 aliphatic carbocycles. The Morgan fingerprint density at radius 1 is 1.15 bits per heavy atom. The van der Waals surface area contributed by atoms with Crippen molar-refractivity contribution in [2.75, 3.05) is 13.7 Å².